The maximum atomic E-state index is 13.4. The SMILES string of the molecule is O=C(COc1cc(Cl)cc(Cl)c1)NCc1ccccc1F. The Morgan fingerprint density at radius 3 is 2.48 bits per heavy atom. The van der Waals surface area contributed by atoms with Gasteiger partial charge in [-0.15, -0.1) is 0 Å². The quantitative estimate of drug-likeness (QED) is 0.906. The number of halogens is 3. The second-order valence-electron chi connectivity index (χ2n) is 4.26. The minimum Gasteiger partial charge on any atom is -0.484 e. The Bertz CT molecular complexity index is 629. The predicted octanol–water partition coefficient (Wildman–Crippen LogP) is 3.83. The van der Waals surface area contributed by atoms with Crippen LogP contribution in [0.4, 0.5) is 4.39 Å². The molecule has 0 aliphatic carbocycles. The van der Waals surface area contributed by atoms with Crippen LogP contribution in [0.3, 0.4) is 0 Å². The summed E-state index contributed by atoms with van der Waals surface area (Å²) >= 11 is 11.6. The Morgan fingerprint density at radius 1 is 1.14 bits per heavy atom. The Morgan fingerprint density at radius 2 is 1.81 bits per heavy atom. The van der Waals surface area contributed by atoms with E-state index in [1.807, 2.05) is 0 Å². The summed E-state index contributed by atoms with van der Waals surface area (Å²) < 4.78 is 18.6. The first kappa shape index (κ1) is 15.6. The molecule has 0 fully saturated rings. The molecule has 0 bridgehead atoms. The molecule has 1 amide bonds. The van der Waals surface area contributed by atoms with Gasteiger partial charge in [0.2, 0.25) is 0 Å². The highest BCUT2D eigenvalue weighted by molar-refractivity contribution is 6.34. The third kappa shape index (κ3) is 4.92. The van der Waals surface area contributed by atoms with Crippen LogP contribution in [-0.2, 0) is 11.3 Å². The molecule has 0 aromatic heterocycles. The van der Waals surface area contributed by atoms with Crippen molar-refractivity contribution in [1.82, 2.24) is 5.32 Å². The van der Waals surface area contributed by atoms with Crippen LogP contribution in [0, 0.1) is 5.82 Å². The molecule has 0 aliphatic heterocycles. The van der Waals surface area contributed by atoms with Crippen LogP contribution < -0.4 is 10.1 Å². The van der Waals surface area contributed by atoms with Gasteiger partial charge in [-0.25, -0.2) is 4.39 Å². The molecule has 0 spiro atoms. The monoisotopic (exact) mass is 327 g/mol. The Labute approximate surface area is 131 Å². The third-order valence-electron chi connectivity index (χ3n) is 2.64. The largest absolute Gasteiger partial charge is 0.484 e. The number of carbonyl (C=O) groups excluding carboxylic acids is 1. The number of hydrogen-bond donors (Lipinski definition) is 1. The smallest absolute Gasteiger partial charge is 0.258 e. The van der Waals surface area contributed by atoms with Crippen molar-refractivity contribution in [2.45, 2.75) is 6.54 Å². The van der Waals surface area contributed by atoms with Crippen molar-refractivity contribution in [3.8, 4) is 5.75 Å². The van der Waals surface area contributed by atoms with Crippen molar-refractivity contribution in [3.63, 3.8) is 0 Å². The number of amides is 1. The van der Waals surface area contributed by atoms with Gasteiger partial charge >= 0.3 is 0 Å². The summed E-state index contributed by atoms with van der Waals surface area (Å²) in [5.74, 6) is -0.330. The van der Waals surface area contributed by atoms with E-state index in [1.54, 1.807) is 36.4 Å². The van der Waals surface area contributed by atoms with E-state index >= 15 is 0 Å². The summed E-state index contributed by atoms with van der Waals surface area (Å²) in [4.78, 5) is 11.6. The van der Waals surface area contributed by atoms with Crippen LogP contribution in [0.5, 0.6) is 5.75 Å². The minimum absolute atomic E-state index is 0.102. The van der Waals surface area contributed by atoms with Gasteiger partial charge in [-0.2, -0.15) is 0 Å². The fourth-order valence-electron chi connectivity index (χ4n) is 1.65. The first-order chi connectivity index (χ1) is 10.0. The predicted molar refractivity (Wildman–Crippen MR) is 80.2 cm³/mol. The number of carbonyl (C=O) groups is 1. The molecule has 0 unspecified atom stereocenters. The van der Waals surface area contributed by atoms with E-state index < -0.39 is 0 Å². The molecule has 110 valence electrons. The van der Waals surface area contributed by atoms with Crippen LogP contribution in [-0.4, -0.2) is 12.5 Å². The molecule has 21 heavy (non-hydrogen) atoms. The van der Waals surface area contributed by atoms with Gasteiger partial charge in [-0.1, -0.05) is 41.4 Å². The minimum atomic E-state index is -0.366. The second kappa shape index (κ2) is 7.29. The molecule has 2 aromatic carbocycles. The van der Waals surface area contributed by atoms with E-state index in [0.717, 1.165) is 0 Å². The van der Waals surface area contributed by atoms with E-state index in [-0.39, 0.29) is 24.9 Å². The maximum Gasteiger partial charge on any atom is 0.258 e. The molecule has 0 heterocycles. The van der Waals surface area contributed by atoms with Crippen molar-refractivity contribution in [2.75, 3.05) is 6.61 Å². The van der Waals surface area contributed by atoms with Crippen LogP contribution in [0.25, 0.3) is 0 Å². The first-order valence-electron chi connectivity index (χ1n) is 6.13. The lowest BCUT2D eigenvalue weighted by molar-refractivity contribution is -0.123. The molecular weight excluding hydrogens is 316 g/mol. The number of ether oxygens (including phenoxy) is 1. The van der Waals surface area contributed by atoms with Crippen molar-refractivity contribution >= 4 is 29.1 Å². The molecule has 2 rings (SSSR count). The molecule has 0 aliphatic rings. The molecule has 6 heteroatoms. The van der Waals surface area contributed by atoms with Gasteiger partial charge in [0.15, 0.2) is 6.61 Å². The van der Waals surface area contributed by atoms with Crippen molar-refractivity contribution in [2.24, 2.45) is 0 Å². The maximum absolute atomic E-state index is 13.4. The second-order valence-corrected chi connectivity index (χ2v) is 5.13. The van der Waals surface area contributed by atoms with E-state index in [1.165, 1.54) is 6.07 Å². The van der Waals surface area contributed by atoms with Crippen LogP contribution in [0.1, 0.15) is 5.56 Å². The van der Waals surface area contributed by atoms with Gasteiger partial charge < -0.3 is 10.1 Å². The van der Waals surface area contributed by atoms with E-state index in [4.69, 9.17) is 27.9 Å². The van der Waals surface area contributed by atoms with Crippen LogP contribution in [0.15, 0.2) is 42.5 Å². The molecule has 0 radical (unpaired) electrons. The highest BCUT2D eigenvalue weighted by Gasteiger charge is 2.06. The summed E-state index contributed by atoms with van der Waals surface area (Å²) in [6.45, 7) is -0.101. The molecular formula is C15H12Cl2FNO2. The topological polar surface area (TPSA) is 38.3 Å². The third-order valence-corrected chi connectivity index (χ3v) is 3.08. The summed E-state index contributed by atoms with van der Waals surface area (Å²) in [6, 6.07) is 10.9. The zero-order valence-electron chi connectivity index (χ0n) is 10.9. The Kier molecular flexibility index (Phi) is 5.42. The average Bonchev–Trinajstić information content (AvgIpc) is 2.43. The fourth-order valence-corrected chi connectivity index (χ4v) is 2.15. The van der Waals surface area contributed by atoms with Crippen molar-refractivity contribution < 1.29 is 13.9 Å². The first-order valence-corrected chi connectivity index (χ1v) is 6.89. The number of nitrogens with one attached hydrogen (secondary N) is 1. The summed E-state index contributed by atoms with van der Waals surface area (Å²) in [7, 11) is 0. The Balaban J connectivity index is 1.84. The molecule has 1 N–H and O–H groups in total. The summed E-state index contributed by atoms with van der Waals surface area (Å²) in [5.41, 5.74) is 0.414. The highest BCUT2D eigenvalue weighted by atomic mass is 35.5. The molecule has 3 nitrogen and oxygen atoms in total. The zero-order chi connectivity index (χ0) is 15.2. The normalized spacial score (nSPS) is 10.2. The average molecular weight is 328 g/mol. The molecule has 2 aromatic rings. The van der Waals surface area contributed by atoms with Crippen LogP contribution in [0.2, 0.25) is 10.0 Å². The van der Waals surface area contributed by atoms with Gasteiger partial charge in [0, 0.05) is 22.2 Å². The van der Waals surface area contributed by atoms with E-state index in [0.29, 0.717) is 21.4 Å². The summed E-state index contributed by atoms with van der Waals surface area (Å²) in [6.07, 6.45) is 0. The summed E-state index contributed by atoms with van der Waals surface area (Å²) in [5, 5.41) is 3.41. The van der Waals surface area contributed by atoms with Gasteiger partial charge in [0.1, 0.15) is 11.6 Å². The lowest BCUT2D eigenvalue weighted by atomic mass is 10.2. The zero-order valence-corrected chi connectivity index (χ0v) is 12.4. The molecule has 0 saturated heterocycles. The lowest BCUT2D eigenvalue weighted by Gasteiger charge is -2.08. The molecule has 0 saturated carbocycles. The van der Waals surface area contributed by atoms with Gasteiger partial charge in [0.05, 0.1) is 0 Å². The van der Waals surface area contributed by atoms with Crippen molar-refractivity contribution in [3.05, 3.63) is 63.9 Å². The fraction of sp³-hybridized carbons (Fsp3) is 0.133. The van der Waals surface area contributed by atoms with Crippen LogP contribution >= 0.6 is 23.2 Å². The van der Waals surface area contributed by atoms with Gasteiger partial charge in [-0.3, -0.25) is 4.79 Å². The lowest BCUT2D eigenvalue weighted by Crippen LogP contribution is -2.28. The van der Waals surface area contributed by atoms with Gasteiger partial charge in [-0.05, 0) is 24.3 Å². The number of hydrogen-bond acceptors (Lipinski definition) is 2. The number of rotatable bonds is 5. The Hall–Kier alpha value is -1.78. The molecule has 0 atom stereocenters. The van der Waals surface area contributed by atoms with E-state index in [9.17, 15) is 9.18 Å². The van der Waals surface area contributed by atoms with E-state index in [2.05, 4.69) is 5.32 Å². The number of benzene rings is 2. The standard InChI is InChI=1S/C15H12Cl2FNO2/c16-11-5-12(17)7-13(6-11)21-9-15(20)19-8-10-3-1-2-4-14(10)18/h1-7H,8-9H2,(H,19,20). The highest BCUT2D eigenvalue weighted by Crippen LogP contribution is 2.23. The van der Waals surface area contributed by atoms with Gasteiger partial charge in [0.25, 0.3) is 5.91 Å². The van der Waals surface area contributed by atoms with Crippen molar-refractivity contribution in [1.29, 1.82) is 0 Å².